The van der Waals surface area contributed by atoms with Gasteiger partial charge in [0.1, 0.15) is 4.60 Å². The average Bonchev–Trinajstić information content (AvgIpc) is 2.09. The Labute approximate surface area is 85.3 Å². The number of alkyl halides is 1. The Hall–Kier alpha value is -0.520. The summed E-state index contributed by atoms with van der Waals surface area (Å²) in [5.41, 5.74) is 0.905. The van der Waals surface area contributed by atoms with Crippen LogP contribution in [0.1, 0.15) is 12.0 Å². The van der Waals surface area contributed by atoms with Gasteiger partial charge in [-0.25, -0.2) is 4.98 Å². The minimum Gasteiger partial charge on any atom is -0.248 e. The second kappa shape index (κ2) is 5.18. The molecular weight excluding hydrogens is 237 g/mol. The summed E-state index contributed by atoms with van der Waals surface area (Å²) >= 11 is 8.78. The molecule has 0 aliphatic carbocycles. The van der Waals surface area contributed by atoms with E-state index in [1.54, 1.807) is 6.20 Å². The van der Waals surface area contributed by atoms with Crippen molar-refractivity contribution in [2.45, 2.75) is 6.42 Å². The third-order valence-corrected chi connectivity index (χ3v) is 2.02. The van der Waals surface area contributed by atoms with Gasteiger partial charge in [-0.2, -0.15) is 0 Å². The van der Waals surface area contributed by atoms with Crippen LogP contribution in [0.4, 0.5) is 0 Å². The molecule has 0 aromatic carbocycles. The molecule has 0 bridgehead atoms. The van der Waals surface area contributed by atoms with Crippen LogP contribution < -0.4 is 0 Å². The van der Waals surface area contributed by atoms with Crippen LogP contribution in [0.25, 0.3) is 0 Å². The first-order chi connectivity index (χ1) is 5.84. The van der Waals surface area contributed by atoms with Crippen LogP contribution >= 0.6 is 27.5 Å². The van der Waals surface area contributed by atoms with Gasteiger partial charge in [-0.05, 0) is 28.1 Å². The van der Waals surface area contributed by atoms with Crippen molar-refractivity contribution in [3.05, 3.63) is 28.5 Å². The van der Waals surface area contributed by atoms with Crippen LogP contribution in [-0.2, 0) is 0 Å². The largest absolute Gasteiger partial charge is 0.248 e. The van der Waals surface area contributed by atoms with Gasteiger partial charge >= 0.3 is 0 Å². The molecule has 0 unspecified atom stereocenters. The van der Waals surface area contributed by atoms with Gasteiger partial charge in [0, 0.05) is 18.5 Å². The van der Waals surface area contributed by atoms with Gasteiger partial charge in [-0.1, -0.05) is 11.8 Å². The Balaban J connectivity index is 2.77. The summed E-state index contributed by atoms with van der Waals surface area (Å²) in [6, 6.07) is 3.77. The highest BCUT2D eigenvalue weighted by Crippen LogP contribution is 2.10. The molecule has 0 spiro atoms. The monoisotopic (exact) mass is 243 g/mol. The SMILES string of the molecule is ClCCC#Cc1cccnc1Br. The number of aromatic nitrogens is 1. The van der Waals surface area contributed by atoms with Crippen molar-refractivity contribution >= 4 is 27.5 Å². The zero-order valence-corrected chi connectivity index (χ0v) is 8.69. The zero-order valence-electron chi connectivity index (χ0n) is 6.35. The van der Waals surface area contributed by atoms with E-state index in [4.69, 9.17) is 11.6 Å². The van der Waals surface area contributed by atoms with E-state index < -0.39 is 0 Å². The number of rotatable bonds is 1. The molecule has 12 heavy (non-hydrogen) atoms. The molecule has 0 aliphatic heterocycles. The fourth-order valence-corrected chi connectivity index (χ4v) is 1.13. The van der Waals surface area contributed by atoms with E-state index in [2.05, 4.69) is 32.8 Å². The fourth-order valence-electron chi connectivity index (χ4n) is 0.684. The summed E-state index contributed by atoms with van der Waals surface area (Å²) in [7, 11) is 0. The third kappa shape index (κ3) is 2.84. The van der Waals surface area contributed by atoms with Crippen LogP contribution in [0.3, 0.4) is 0 Å². The average molecular weight is 245 g/mol. The van der Waals surface area contributed by atoms with E-state index in [-0.39, 0.29) is 0 Å². The number of nitrogens with zero attached hydrogens (tertiary/aromatic N) is 1. The lowest BCUT2D eigenvalue weighted by molar-refractivity contribution is 1.25. The molecule has 1 heterocycles. The van der Waals surface area contributed by atoms with Gasteiger partial charge in [0.05, 0.1) is 5.56 Å². The van der Waals surface area contributed by atoms with Crippen LogP contribution in [0.15, 0.2) is 22.9 Å². The molecule has 0 atom stereocenters. The Morgan fingerprint density at radius 2 is 2.42 bits per heavy atom. The van der Waals surface area contributed by atoms with Crippen molar-refractivity contribution in [1.82, 2.24) is 4.98 Å². The van der Waals surface area contributed by atoms with Crippen molar-refractivity contribution in [3.63, 3.8) is 0 Å². The number of halogens is 2. The zero-order chi connectivity index (χ0) is 8.81. The standard InChI is InChI=1S/C9H7BrClN/c10-9-8(4-1-2-6-11)5-3-7-12-9/h3,5,7H,2,6H2. The molecule has 0 aliphatic rings. The molecule has 0 saturated heterocycles. The highest BCUT2D eigenvalue weighted by atomic mass is 79.9. The summed E-state index contributed by atoms with van der Waals surface area (Å²) in [5, 5.41) is 0. The van der Waals surface area contributed by atoms with Crippen molar-refractivity contribution in [1.29, 1.82) is 0 Å². The Kier molecular flexibility index (Phi) is 4.13. The summed E-state index contributed by atoms with van der Waals surface area (Å²) in [4.78, 5) is 4.04. The van der Waals surface area contributed by atoms with Gasteiger partial charge in [0.15, 0.2) is 0 Å². The molecule has 62 valence electrons. The fraction of sp³-hybridized carbons (Fsp3) is 0.222. The van der Waals surface area contributed by atoms with Gasteiger partial charge in [0.2, 0.25) is 0 Å². The second-order valence-corrected chi connectivity index (χ2v) is 3.21. The number of hydrogen-bond acceptors (Lipinski definition) is 1. The predicted molar refractivity (Wildman–Crippen MR) is 54.2 cm³/mol. The molecule has 3 heteroatoms. The second-order valence-electron chi connectivity index (χ2n) is 2.08. The predicted octanol–water partition coefficient (Wildman–Crippen LogP) is 2.82. The number of hydrogen-bond donors (Lipinski definition) is 0. The lowest BCUT2D eigenvalue weighted by Crippen LogP contribution is -1.80. The molecule has 0 amide bonds. The molecular formula is C9H7BrClN. The first-order valence-corrected chi connectivity index (χ1v) is 4.82. The molecule has 0 N–H and O–H groups in total. The van der Waals surface area contributed by atoms with E-state index in [0.717, 1.165) is 10.2 Å². The first kappa shape index (κ1) is 9.57. The van der Waals surface area contributed by atoms with Crippen LogP contribution in [0, 0.1) is 11.8 Å². The highest BCUT2D eigenvalue weighted by molar-refractivity contribution is 9.10. The minimum atomic E-state index is 0.574. The van der Waals surface area contributed by atoms with Crippen LogP contribution in [0.5, 0.6) is 0 Å². The van der Waals surface area contributed by atoms with E-state index in [1.165, 1.54) is 0 Å². The van der Waals surface area contributed by atoms with Crippen LogP contribution in [-0.4, -0.2) is 10.9 Å². The van der Waals surface area contributed by atoms with E-state index in [0.29, 0.717) is 12.3 Å². The van der Waals surface area contributed by atoms with Crippen molar-refractivity contribution < 1.29 is 0 Å². The highest BCUT2D eigenvalue weighted by Gasteiger charge is 1.92. The normalized spacial score (nSPS) is 8.83. The minimum absolute atomic E-state index is 0.574. The lowest BCUT2D eigenvalue weighted by atomic mass is 10.3. The van der Waals surface area contributed by atoms with E-state index >= 15 is 0 Å². The van der Waals surface area contributed by atoms with Gasteiger partial charge in [0.25, 0.3) is 0 Å². The topological polar surface area (TPSA) is 12.9 Å². The maximum absolute atomic E-state index is 5.48. The van der Waals surface area contributed by atoms with Crippen molar-refractivity contribution in [2.75, 3.05) is 5.88 Å². The smallest absolute Gasteiger partial charge is 0.121 e. The summed E-state index contributed by atoms with van der Waals surface area (Å²) in [5.74, 6) is 6.48. The maximum Gasteiger partial charge on any atom is 0.121 e. The molecule has 1 aromatic heterocycles. The van der Waals surface area contributed by atoms with Gasteiger partial charge < -0.3 is 0 Å². The van der Waals surface area contributed by atoms with E-state index in [9.17, 15) is 0 Å². The van der Waals surface area contributed by atoms with E-state index in [1.807, 2.05) is 12.1 Å². The quantitative estimate of drug-likeness (QED) is 0.421. The molecule has 1 nitrogen and oxygen atoms in total. The summed E-state index contributed by atoms with van der Waals surface area (Å²) in [6.07, 6.45) is 2.43. The molecule has 1 rings (SSSR count). The van der Waals surface area contributed by atoms with Gasteiger partial charge in [-0.3, -0.25) is 0 Å². The Bertz CT molecular complexity index is 314. The summed E-state index contributed by atoms with van der Waals surface area (Å²) < 4.78 is 0.784. The van der Waals surface area contributed by atoms with Crippen molar-refractivity contribution in [3.8, 4) is 11.8 Å². The van der Waals surface area contributed by atoms with Crippen molar-refractivity contribution in [2.24, 2.45) is 0 Å². The lowest BCUT2D eigenvalue weighted by Gasteiger charge is -1.91. The maximum atomic E-state index is 5.48. The number of pyridine rings is 1. The molecule has 0 fully saturated rings. The summed E-state index contributed by atoms with van der Waals surface area (Å²) in [6.45, 7) is 0. The molecule has 0 saturated carbocycles. The Morgan fingerprint density at radius 3 is 3.08 bits per heavy atom. The third-order valence-electron chi connectivity index (χ3n) is 1.20. The Morgan fingerprint density at radius 1 is 1.58 bits per heavy atom. The van der Waals surface area contributed by atoms with Crippen LogP contribution in [0.2, 0.25) is 0 Å². The first-order valence-electron chi connectivity index (χ1n) is 3.50. The molecule has 0 radical (unpaired) electrons. The van der Waals surface area contributed by atoms with Gasteiger partial charge in [-0.15, -0.1) is 11.6 Å². The molecule has 1 aromatic rings.